The maximum atomic E-state index is 10.7. The summed E-state index contributed by atoms with van der Waals surface area (Å²) in [5, 5.41) is 0. The van der Waals surface area contributed by atoms with E-state index in [9.17, 15) is 26.1 Å². The van der Waals surface area contributed by atoms with Crippen molar-refractivity contribution in [1.29, 1.82) is 0 Å². The van der Waals surface area contributed by atoms with E-state index in [0.717, 1.165) is 0 Å². The molecule has 0 aliphatic carbocycles. The minimum Gasteiger partial charge on any atom is -0.748 e. The van der Waals surface area contributed by atoms with Gasteiger partial charge in [0.1, 0.15) is 0 Å². The Morgan fingerprint density at radius 2 is 1.30 bits per heavy atom. The Bertz CT molecular complexity index is 597. The van der Waals surface area contributed by atoms with E-state index >= 15 is 0 Å². The first kappa shape index (κ1) is 21.9. The van der Waals surface area contributed by atoms with Gasteiger partial charge in [-0.1, -0.05) is 30.3 Å². The minimum atomic E-state index is -6.09. The fraction of sp³-hybridized carbons (Fsp3) is 0.250. The molecule has 0 spiro atoms. The molecule has 0 N–H and O–H groups in total. The summed E-state index contributed by atoms with van der Waals surface area (Å²) >= 11 is 0. The van der Waals surface area contributed by atoms with E-state index in [0.29, 0.717) is 5.56 Å². The first-order valence-corrected chi connectivity index (χ1v) is 7.31. The van der Waals surface area contributed by atoms with E-state index in [4.69, 9.17) is 13.0 Å². The molecule has 12 heteroatoms. The van der Waals surface area contributed by atoms with Crippen molar-refractivity contribution in [2.75, 3.05) is 0 Å². The first-order valence-electron chi connectivity index (χ1n) is 4.32. The third-order valence-corrected chi connectivity index (χ3v) is 2.72. The van der Waals surface area contributed by atoms with Crippen molar-refractivity contribution in [3.8, 4) is 0 Å². The molecule has 0 atom stereocenters. The predicted molar refractivity (Wildman–Crippen MR) is 55.6 cm³/mol. The van der Waals surface area contributed by atoms with Crippen molar-refractivity contribution in [3.63, 3.8) is 0 Å². The van der Waals surface area contributed by atoms with Gasteiger partial charge in [0, 0.05) is 22.4 Å². The number of halogens is 3. The first-order chi connectivity index (χ1) is 8.33. The number of rotatable bonds is 2. The van der Waals surface area contributed by atoms with Crippen molar-refractivity contribution in [3.05, 3.63) is 35.9 Å². The molecule has 0 aromatic heterocycles. The summed E-state index contributed by atoms with van der Waals surface area (Å²) < 4.78 is 89.6. The van der Waals surface area contributed by atoms with Crippen molar-refractivity contribution >= 4 is 20.2 Å². The van der Waals surface area contributed by atoms with Gasteiger partial charge in [-0.05, 0) is 5.56 Å². The Kier molecular flexibility index (Phi) is 8.88. The summed E-state index contributed by atoms with van der Waals surface area (Å²) in [5.41, 5.74) is -5.12. The second-order valence-electron chi connectivity index (χ2n) is 3.09. The zero-order valence-electron chi connectivity index (χ0n) is 9.30. The van der Waals surface area contributed by atoms with Gasteiger partial charge in [-0.2, -0.15) is 13.2 Å². The SMILES string of the molecule is O=S(=O)([O-])C(F)(F)F.O=S(=O)([O-])Cc1ccccc1.[Ag]. The van der Waals surface area contributed by atoms with Gasteiger partial charge in [-0.3, -0.25) is 0 Å². The molecular weight excluding hydrogens is 421 g/mol. The van der Waals surface area contributed by atoms with Gasteiger partial charge in [-0.15, -0.1) is 0 Å². The van der Waals surface area contributed by atoms with Gasteiger partial charge in [0.05, 0.1) is 15.9 Å². The number of hydrogen-bond donors (Lipinski definition) is 0. The Morgan fingerprint density at radius 3 is 1.55 bits per heavy atom. The number of benzene rings is 1. The molecule has 1 aromatic carbocycles. The van der Waals surface area contributed by atoms with E-state index in [-0.39, 0.29) is 22.4 Å². The van der Waals surface area contributed by atoms with Crippen LogP contribution in [0.25, 0.3) is 0 Å². The third-order valence-electron chi connectivity index (χ3n) is 1.47. The molecule has 1 aromatic rings. The van der Waals surface area contributed by atoms with Crippen LogP contribution >= 0.6 is 0 Å². The maximum absolute atomic E-state index is 10.7. The third kappa shape index (κ3) is 10.4. The summed E-state index contributed by atoms with van der Waals surface area (Å²) in [5.74, 6) is -0.423. The van der Waals surface area contributed by atoms with Crippen molar-refractivity contribution in [1.82, 2.24) is 0 Å². The van der Waals surface area contributed by atoms with E-state index in [1.807, 2.05) is 0 Å². The summed E-state index contributed by atoms with van der Waals surface area (Å²) in [6.07, 6.45) is 0. The molecule has 6 nitrogen and oxygen atoms in total. The zero-order valence-corrected chi connectivity index (χ0v) is 12.4. The Labute approximate surface area is 129 Å². The second-order valence-corrected chi connectivity index (χ2v) is 5.86. The molecule has 0 amide bonds. The summed E-state index contributed by atoms with van der Waals surface area (Å²) in [6.45, 7) is 0. The normalized spacial score (nSPS) is 11.8. The van der Waals surface area contributed by atoms with Crippen LogP contribution in [-0.2, 0) is 48.4 Å². The molecule has 0 heterocycles. The standard InChI is InChI=1S/C7H8O3S.CHF3O3S.Ag/c8-11(9,10)6-7-4-2-1-3-5-7;2-1(3,4)8(5,6)7;/h1-5H,6H2,(H,8,9,10);(H,5,6,7);/p-2. The molecule has 1 rings (SSSR count). The number of alkyl halides is 3. The Balaban J connectivity index is 0. The molecule has 121 valence electrons. The van der Waals surface area contributed by atoms with Crippen LogP contribution in [0.1, 0.15) is 5.56 Å². The largest absolute Gasteiger partial charge is 0.748 e. The maximum Gasteiger partial charge on any atom is 0.485 e. The molecule has 0 aliphatic rings. The van der Waals surface area contributed by atoms with Crippen LogP contribution in [-0.4, -0.2) is 31.4 Å². The average Bonchev–Trinajstić information content (AvgIpc) is 2.14. The van der Waals surface area contributed by atoms with Crippen LogP contribution < -0.4 is 0 Å². The van der Waals surface area contributed by atoms with Crippen LogP contribution in [0.5, 0.6) is 0 Å². The van der Waals surface area contributed by atoms with Crippen molar-refractivity contribution < 1.29 is 61.5 Å². The second kappa shape index (κ2) is 8.12. The van der Waals surface area contributed by atoms with E-state index in [1.165, 1.54) is 0 Å². The summed E-state index contributed by atoms with van der Waals surface area (Å²) in [7, 11) is -10.2. The number of hydrogen-bond acceptors (Lipinski definition) is 6. The van der Waals surface area contributed by atoms with Crippen molar-refractivity contribution in [2.45, 2.75) is 11.3 Å². The Morgan fingerprint density at radius 1 is 0.950 bits per heavy atom. The van der Waals surface area contributed by atoms with Crippen LogP contribution in [0.3, 0.4) is 0 Å². The average molecular weight is 428 g/mol. The molecule has 0 saturated heterocycles. The van der Waals surface area contributed by atoms with Crippen molar-refractivity contribution in [2.24, 2.45) is 0 Å². The van der Waals surface area contributed by atoms with Gasteiger partial charge < -0.3 is 9.11 Å². The molecule has 0 bridgehead atoms. The summed E-state index contributed by atoms with van der Waals surface area (Å²) in [6, 6.07) is 8.37. The van der Waals surface area contributed by atoms with E-state index in [2.05, 4.69) is 0 Å². The topological polar surface area (TPSA) is 114 Å². The molecule has 0 saturated carbocycles. The van der Waals surface area contributed by atoms with Gasteiger partial charge in [0.25, 0.3) is 0 Å². The monoisotopic (exact) mass is 427 g/mol. The van der Waals surface area contributed by atoms with Crippen LogP contribution in [0, 0.1) is 0 Å². The van der Waals surface area contributed by atoms with Gasteiger partial charge >= 0.3 is 5.51 Å². The van der Waals surface area contributed by atoms with Crippen LogP contribution in [0.4, 0.5) is 13.2 Å². The molecule has 20 heavy (non-hydrogen) atoms. The molecular formula is C8H7AgF3O6S2-2. The van der Waals surface area contributed by atoms with Crippen LogP contribution in [0.15, 0.2) is 30.3 Å². The van der Waals surface area contributed by atoms with Gasteiger partial charge in [0.2, 0.25) is 0 Å². The smallest absolute Gasteiger partial charge is 0.485 e. The minimum absolute atomic E-state index is 0. The molecule has 1 radical (unpaired) electrons. The fourth-order valence-corrected chi connectivity index (χ4v) is 1.38. The molecule has 0 fully saturated rings. The van der Waals surface area contributed by atoms with E-state index < -0.39 is 31.5 Å². The fourth-order valence-electron chi connectivity index (χ4n) is 0.778. The van der Waals surface area contributed by atoms with Crippen LogP contribution in [0.2, 0.25) is 0 Å². The predicted octanol–water partition coefficient (Wildman–Crippen LogP) is 0.781. The Hall–Kier alpha value is -0.430. The quantitative estimate of drug-likeness (QED) is 0.391. The molecule has 0 aliphatic heterocycles. The molecule has 0 unspecified atom stereocenters. The van der Waals surface area contributed by atoms with E-state index in [1.54, 1.807) is 30.3 Å². The summed E-state index contributed by atoms with van der Waals surface area (Å²) in [4.78, 5) is 0. The van der Waals surface area contributed by atoms with Gasteiger partial charge in [0.15, 0.2) is 10.1 Å². The zero-order chi connectivity index (χ0) is 15.3. The van der Waals surface area contributed by atoms with Gasteiger partial charge in [-0.25, -0.2) is 16.8 Å².